The lowest BCUT2D eigenvalue weighted by Crippen LogP contribution is -2.48. The first-order chi connectivity index (χ1) is 7.76. The van der Waals surface area contributed by atoms with Crippen molar-refractivity contribution >= 4 is 26.1 Å². The highest BCUT2D eigenvalue weighted by Gasteiger charge is 2.32. The zero-order valence-corrected chi connectivity index (χ0v) is 13.5. The molecule has 0 aromatic heterocycles. The van der Waals surface area contributed by atoms with Crippen LogP contribution in [0.5, 0.6) is 0 Å². The van der Waals surface area contributed by atoms with E-state index < -0.39 is 10.2 Å². The lowest BCUT2D eigenvalue weighted by Gasteiger charge is -2.35. The molecular formula is C11H23BrN2O2S. The highest BCUT2D eigenvalue weighted by atomic mass is 79.9. The van der Waals surface area contributed by atoms with Gasteiger partial charge in [-0.2, -0.15) is 17.0 Å². The summed E-state index contributed by atoms with van der Waals surface area (Å²) in [6.45, 7) is 7.20. The van der Waals surface area contributed by atoms with Crippen LogP contribution in [0.25, 0.3) is 0 Å². The van der Waals surface area contributed by atoms with Gasteiger partial charge in [0.1, 0.15) is 0 Å². The van der Waals surface area contributed by atoms with E-state index in [0.717, 1.165) is 12.8 Å². The summed E-state index contributed by atoms with van der Waals surface area (Å²) in [5.74, 6) is 0.589. The summed E-state index contributed by atoms with van der Waals surface area (Å²) >= 11 is 3.58. The van der Waals surface area contributed by atoms with Crippen molar-refractivity contribution < 1.29 is 8.42 Å². The van der Waals surface area contributed by atoms with E-state index in [1.807, 2.05) is 13.8 Å². The predicted octanol–water partition coefficient (Wildman–Crippen LogP) is 2.07. The number of halogens is 1. The monoisotopic (exact) mass is 326 g/mol. The highest BCUT2D eigenvalue weighted by Crippen LogP contribution is 2.27. The highest BCUT2D eigenvalue weighted by molar-refractivity contribution is 9.09. The first-order valence-corrected chi connectivity index (χ1v) is 8.45. The molecule has 1 heterocycles. The zero-order valence-electron chi connectivity index (χ0n) is 11.1. The molecule has 0 aliphatic carbocycles. The molecule has 0 radical (unpaired) electrons. The summed E-state index contributed by atoms with van der Waals surface area (Å²) < 4.78 is 27.5. The molecule has 1 aliphatic rings. The fourth-order valence-electron chi connectivity index (χ4n) is 2.01. The van der Waals surface area contributed by atoms with Crippen molar-refractivity contribution in [3.05, 3.63) is 0 Å². The molecule has 0 aromatic carbocycles. The van der Waals surface area contributed by atoms with Gasteiger partial charge < -0.3 is 0 Å². The van der Waals surface area contributed by atoms with Gasteiger partial charge in [-0.1, -0.05) is 22.9 Å². The fraction of sp³-hybridized carbons (Fsp3) is 1.00. The number of nitrogens with zero attached hydrogens (tertiary/aromatic N) is 2. The van der Waals surface area contributed by atoms with Gasteiger partial charge in [0, 0.05) is 31.0 Å². The van der Waals surface area contributed by atoms with Gasteiger partial charge in [0.05, 0.1) is 0 Å². The van der Waals surface area contributed by atoms with E-state index in [9.17, 15) is 8.42 Å². The first-order valence-electron chi connectivity index (χ1n) is 6.14. The largest absolute Gasteiger partial charge is 0.281 e. The molecule has 0 N–H and O–H groups in total. The fourth-order valence-corrected chi connectivity index (χ4v) is 4.11. The van der Waals surface area contributed by atoms with E-state index in [0.29, 0.717) is 23.8 Å². The molecule has 1 unspecified atom stereocenters. The Morgan fingerprint density at radius 1 is 1.24 bits per heavy atom. The minimum atomic E-state index is -3.26. The molecule has 0 aromatic rings. The van der Waals surface area contributed by atoms with Crippen molar-refractivity contribution in [3.63, 3.8) is 0 Å². The van der Waals surface area contributed by atoms with Crippen molar-refractivity contribution in [2.75, 3.05) is 20.1 Å². The van der Waals surface area contributed by atoms with Gasteiger partial charge in [0.25, 0.3) is 10.2 Å². The van der Waals surface area contributed by atoms with Gasteiger partial charge in [-0.3, -0.25) is 0 Å². The summed E-state index contributed by atoms with van der Waals surface area (Å²) in [5, 5.41) is 0. The van der Waals surface area contributed by atoms with Gasteiger partial charge >= 0.3 is 0 Å². The number of alkyl halides is 1. The van der Waals surface area contributed by atoms with Gasteiger partial charge in [-0.05, 0) is 32.6 Å². The second-order valence-electron chi connectivity index (χ2n) is 5.03. The summed E-state index contributed by atoms with van der Waals surface area (Å²) in [7, 11) is -1.61. The van der Waals surface area contributed by atoms with Gasteiger partial charge in [0.15, 0.2) is 0 Å². The Morgan fingerprint density at radius 2 is 1.71 bits per heavy atom. The van der Waals surface area contributed by atoms with Crippen LogP contribution in [-0.2, 0) is 10.2 Å². The summed E-state index contributed by atoms with van der Waals surface area (Å²) in [6.07, 6.45) is 1.88. The van der Waals surface area contributed by atoms with Gasteiger partial charge in [0.2, 0.25) is 0 Å². The molecule has 4 nitrogen and oxygen atoms in total. The second kappa shape index (κ2) is 5.99. The Labute approximate surface area is 114 Å². The van der Waals surface area contributed by atoms with Crippen molar-refractivity contribution in [1.82, 2.24) is 8.61 Å². The smallest absolute Gasteiger partial charge is 0.195 e. The van der Waals surface area contributed by atoms with Crippen LogP contribution >= 0.6 is 15.9 Å². The topological polar surface area (TPSA) is 40.6 Å². The van der Waals surface area contributed by atoms with E-state index in [1.165, 1.54) is 4.31 Å². The van der Waals surface area contributed by atoms with E-state index in [4.69, 9.17) is 0 Å². The lowest BCUT2D eigenvalue weighted by atomic mass is 9.96. The third-order valence-corrected chi connectivity index (χ3v) is 6.48. The predicted molar refractivity (Wildman–Crippen MR) is 74.5 cm³/mol. The molecule has 102 valence electrons. The van der Waals surface area contributed by atoms with Crippen LogP contribution in [0.15, 0.2) is 0 Å². The minimum Gasteiger partial charge on any atom is -0.195 e. The summed E-state index contributed by atoms with van der Waals surface area (Å²) in [4.78, 5) is 0.468. The molecular weight excluding hydrogens is 304 g/mol. The molecule has 0 bridgehead atoms. The number of rotatable bonds is 4. The Kier molecular flexibility index (Phi) is 5.43. The summed E-state index contributed by atoms with van der Waals surface area (Å²) in [5.41, 5.74) is 0. The van der Waals surface area contributed by atoms with Crippen LogP contribution in [0.1, 0.15) is 33.6 Å². The minimum absolute atomic E-state index is 0.00724. The molecule has 1 aliphatic heterocycles. The number of hydrogen-bond acceptors (Lipinski definition) is 2. The molecule has 1 saturated heterocycles. The van der Waals surface area contributed by atoms with Gasteiger partial charge in [-0.25, -0.2) is 0 Å². The van der Waals surface area contributed by atoms with Crippen LogP contribution in [0.2, 0.25) is 0 Å². The Balaban J connectivity index is 2.65. The molecule has 1 fully saturated rings. The van der Waals surface area contributed by atoms with Crippen LogP contribution in [0, 0.1) is 5.92 Å². The standard InChI is InChI=1S/C11H23BrN2O2S/c1-9(2)13(4)17(15,16)14-7-5-11(6-8-14)10(3)12/h9-11H,5-8H2,1-4H3. The van der Waals surface area contributed by atoms with Crippen LogP contribution in [0.3, 0.4) is 0 Å². The number of piperidine rings is 1. The maximum Gasteiger partial charge on any atom is 0.281 e. The molecule has 17 heavy (non-hydrogen) atoms. The zero-order chi connectivity index (χ0) is 13.2. The molecule has 0 amide bonds. The Morgan fingerprint density at radius 3 is 2.06 bits per heavy atom. The van der Waals surface area contributed by atoms with Crippen LogP contribution < -0.4 is 0 Å². The Hall–Kier alpha value is 0.350. The third-order valence-electron chi connectivity index (χ3n) is 3.57. The van der Waals surface area contributed by atoms with Crippen molar-refractivity contribution in [2.45, 2.75) is 44.5 Å². The van der Waals surface area contributed by atoms with Crippen LogP contribution in [0.4, 0.5) is 0 Å². The SMILES string of the molecule is CC(Br)C1CCN(S(=O)(=O)N(C)C(C)C)CC1. The van der Waals surface area contributed by atoms with E-state index in [2.05, 4.69) is 22.9 Å². The normalized spacial score (nSPS) is 22.3. The molecule has 1 rings (SSSR count). The van der Waals surface area contributed by atoms with Crippen molar-refractivity contribution in [1.29, 1.82) is 0 Å². The third kappa shape index (κ3) is 3.66. The maximum absolute atomic E-state index is 12.2. The number of hydrogen-bond donors (Lipinski definition) is 0. The molecule has 6 heteroatoms. The average molecular weight is 327 g/mol. The van der Waals surface area contributed by atoms with E-state index in [1.54, 1.807) is 11.4 Å². The van der Waals surface area contributed by atoms with Crippen molar-refractivity contribution in [2.24, 2.45) is 5.92 Å². The van der Waals surface area contributed by atoms with Gasteiger partial charge in [-0.15, -0.1) is 0 Å². The maximum atomic E-state index is 12.2. The van der Waals surface area contributed by atoms with Crippen LogP contribution in [-0.4, -0.2) is 48.0 Å². The summed E-state index contributed by atoms with van der Waals surface area (Å²) in [6, 6.07) is 0.00724. The molecule has 0 saturated carbocycles. The van der Waals surface area contributed by atoms with Crippen molar-refractivity contribution in [3.8, 4) is 0 Å². The lowest BCUT2D eigenvalue weighted by molar-refractivity contribution is 0.253. The average Bonchev–Trinajstić information content (AvgIpc) is 2.27. The molecule has 1 atom stereocenters. The van der Waals surface area contributed by atoms with E-state index >= 15 is 0 Å². The second-order valence-corrected chi connectivity index (χ2v) is 8.46. The van der Waals surface area contributed by atoms with E-state index in [-0.39, 0.29) is 6.04 Å². The first kappa shape index (κ1) is 15.4. The Bertz CT molecular complexity index is 335. The quantitative estimate of drug-likeness (QED) is 0.742. The molecule has 0 spiro atoms.